The van der Waals surface area contributed by atoms with Crippen LogP contribution in [0.15, 0.2) is 17.0 Å². The number of aliphatic hydroxyl groups is 1. The van der Waals surface area contributed by atoms with Gasteiger partial charge in [0.05, 0.1) is 21.2 Å². The molecule has 0 heterocycles. The molecule has 120 valence electrons. The van der Waals surface area contributed by atoms with Crippen LogP contribution >= 0.6 is 11.6 Å². The van der Waals surface area contributed by atoms with Crippen LogP contribution in [0.1, 0.15) is 12.5 Å². The Morgan fingerprint density at radius 3 is 2.48 bits per heavy atom. The molecule has 0 spiro atoms. The number of nitrogen functional groups attached to an aromatic ring is 1. The van der Waals surface area contributed by atoms with E-state index in [1.807, 2.05) is 0 Å². The standard InChI is InChI=1S/C13H22ClN3O3S/c1-9-5-10(6-11(15)12(9)14)21(19,20)16-7-13(2,18)8-17(3)4/h5-6,16,18H,7-8,15H2,1-4H3. The number of aryl methyl sites for hydroxylation is 1. The highest BCUT2D eigenvalue weighted by molar-refractivity contribution is 7.89. The molecule has 0 aromatic heterocycles. The quantitative estimate of drug-likeness (QED) is 0.669. The van der Waals surface area contributed by atoms with Crippen molar-refractivity contribution in [3.63, 3.8) is 0 Å². The number of nitrogens with two attached hydrogens (primary N) is 1. The van der Waals surface area contributed by atoms with E-state index in [0.717, 1.165) is 0 Å². The predicted molar refractivity (Wildman–Crippen MR) is 85.0 cm³/mol. The van der Waals surface area contributed by atoms with E-state index in [9.17, 15) is 13.5 Å². The molecular weight excluding hydrogens is 314 g/mol. The van der Waals surface area contributed by atoms with Gasteiger partial charge < -0.3 is 15.7 Å². The lowest BCUT2D eigenvalue weighted by molar-refractivity contribution is 0.0386. The van der Waals surface area contributed by atoms with Crippen molar-refractivity contribution in [1.29, 1.82) is 0 Å². The Balaban J connectivity index is 2.93. The molecule has 0 aliphatic heterocycles. The Kier molecular flexibility index (Phi) is 5.63. The molecule has 8 heteroatoms. The molecule has 1 aromatic carbocycles. The van der Waals surface area contributed by atoms with Gasteiger partial charge in [0, 0.05) is 13.1 Å². The van der Waals surface area contributed by atoms with Gasteiger partial charge in [-0.3, -0.25) is 0 Å². The van der Waals surface area contributed by atoms with Crippen LogP contribution < -0.4 is 10.5 Å². The Bertz CT molecular complexity index is 592. The number of rotatable bonds is 6. The minimum atomic E-state index is -3.76. The summed E-state index contributed by atoms with van der Waals surface area (Å²) in [5, 5.41) is 10.5. The summed E-state index contributed by atoms with van der Waals surface area (Å²) in [6.07, 6.45) is 0. The number of hydrogen-bond acceptors (Lipinski definition) is 5. The van der Waals surface area contributed by atoms with Crippen molar-refractivity contribution in [3.05, 3.63) is 22.7 Å². The second kappa shape index (κ2) is 6.50. The second-order valence-electron chi connectivity index (χ2n) is 5.70. The first-order valence-corrected chi connectivity index (χ1v) is 8.23. The third-order valence-electron chi connectivity index (χ3n) is 2.87. The van der Waals surface area contributed by atoms with E-state index in [-0.39, 0.29) is 17.1 Å². The van der Waals surface area contributed by atoms with Crippen LogP contribution in [0, 0.1) is 6.92 Å². The molecule has 4 N–H and O–H groups in total. The summed E-state index contributed by atoms with van der Waals surface area (Å²) in [7, 11) is -0.163. The van der Waals surface area contributed by atoms with Gasteiger partial charge in [-0.1, -0.05) is 11.6 Å². The maximum absolute atomic E-state index is 12.2. The zero-order chi connectivity index (χ0) is 16.4. The average molecular weight is 336 g/mol. The van der Waals surface area contributed by atoms with Crippen molar-refractivity contribution in [2.45, 2.75) is 24.3 Å². The molecule has 21 heavy (non-hydrogen) atoms. The molecule has 0 saturated carbocycles. The van der Waals surface area contributed by atoms with E-state index in [1.165, 1.54) is 12.1 Å². The van der Waals surface area contributed by atoms with E-state index >= 15 is 0 Å². The summed E-state index contributed by atoms with van der Waals surface area (Å²) in [6.45, 7) is 3.48. The molecule has 0 fully saturated rings. The lowest BCUT2D eigenvalue weighted by Gasteiger charge is -2.27. The monoisotopic (exact) mass is 335 g/mol. The minimum absolute atomic E-state index is 0.0301. The molecule has 1 atom stereocenters. The number of hydrogen-bond donors (Lipinski definition) is 3. The Labute approximate surface area is 130 Å². The highest BCUT2D eigenvalue weighted by atomic mass is 35.5. The van der Waals surface area contributed by atoms with Gasteiger partial charge in [0.2, 0.25) is 10.0 Å². The normalized spacial score (nSPS) is 15.2. The van der Waals surface area contributed by atoms with Crippen LogP contribution in [0.3, 0.4) is 0 Å². The summed E-state index contributed by atoms with van der Waals surface area (Å²) in [4.78, 5) is 1.81. The number of anilines is 1. The number of halogens is 1. The fraction of sp³-hybridized carbons (Fsp3) is 0.538. The van der Waals surface area contributed by atoms with Gasteiger partial charge in [-0.25, -0.2) is 13.1 Å². The van der Waals surface area contributed by atoms with Crippen LogP contribution in [0.2, 0.25) is 5.02 Å². The van der Waals surface area contributed by atoms with Crippen molar-refractivity contribution < 1.29 is 13.5 Å². The number of nitrogens with zero attached hydrogens (tertiary/aromatic N) is 1. The van der Waals surface area contributed by atoms with Gasteiger partial charge in [-0.2, -0.15) is 0 Å². The van der Waals surface area contributed by atoms with Crippen molar-refractivity contribution in [3.8, 4) is 0 Å². The fourth-order valence-corrected chi connectivity index (χ4v) is 3.38. The van der Waals surface area contributed by atoms with E-state index < -0.39 is 15.6 Å². The summed E-state index contributed by atoms with van der Waals surface area (Å²) < 4.78 is 26.9. The van der Waals surface area contributed by atoms with Gasteiger partial charge in [-0.05, 0) is 45.6 Å². The van der Waals surface area contributed by atoms with Crippen molar-refractivity contribution >= 4 is 27.3 Å². The van der Waals surface area contributed by atoms with E-state index in [1.54, 1.807) is 32.8 Å². The third kappa shape index (κ3) is 5.12. The molecule has 1 aromatic rings. The van der Waals surface area contributed by atoms with E-state index in [2.05, 4.69) is 4.72 Å². The SMILES string of the molecule is Cc1cc(S(=O)(=O)NCC(C)(O)CN(C)C)cc(N)c1Cl. The number of nitrogens with one attached hydrogen (secondary N) is 1. The highest BCUT2D eigenvalue weighted by Gasteiger charge is 2.25. The van der Waals surface area contributed by atoms with Gasteiger partial charge in [0.1, 0.15) is 0 Å². The Hall–Kier alpha value is -0.860. The highest BCUT2D eigenvalue weighted by Crippen LogP contribution is 2.26. The predicted octanol–water partition coefficient (Wildman–Crippen LogP) is 0.822. The average Bonchev–Trinajstić information content (AvgIpc) is 2.31. The largest absolute Gasteiger partial charge is 0.397 e. The van der Waals surface area contributed by atoms with Crippen LogP contribution in [0.4, 0.5) is 5.69 Å². The summed E-state index contributed by atoms with van der Waals surface area (Å²) in [6, 6.07) is 2.75. The first-order chi connectivity index (χ1) is 9.44. The number of likely N-dealkylation sites (N-methyl/N-ethyl adjacent to an activating group) is 1. The van der Waals surface area contributed by atoms with Crippen LogP contribution in [-0.4, -0.2) is 51.2 Å². The Morgan fingerprint density at radius 2 is 2.00 bits per heavy atom. The fourth-order valence-electron chi connectivity index (χ4n) is 1.99. The lowest BCUT2D eigenvalue weighted by Crippen LogP contribution is -2.47. The van der Waals surface area contributed by atoms with Crippen LogP contribution in [-0.2, 0) is 10.0 Å². The Morgan fingerprint density at radius 1 is 1.43 bits per heavy atom. The third-order valence-corrected chi connectivity index (χ3v) is 4.76. The number of sulfonamides is 1. The van der Waals surface area contributed by atoms with Gasteiger partial charge in [0.15, 0.2) is 0 Å². The van der Waals surface area contributed by atoms with Crippen molar-refractivity contribution in [2.75, 3.05) is 32.9 Å². The first kappa shape index (κ1) is 18.2. The maximum atomic E-state index is 12.2. The van der Waals surface area contributed by atoms with Crippen LogP contribution in [0.5, 0.6) is 0 Å². The molecule has 0 bridgehead atoms. The molecule has 0 amide bonds. The molecule has 6 nitrogen and oxygen atoms in total. The van der Waals surface area contributed by atoms with E-state index in [0.29, 0.717) is 17.1 Å². The molecule has 0 aliphatic carbocycles. The second-order valence-corrected chi connectivity index (χ2v) is 7.85. The topological polar surface area (TPSA) is 95.7 Å². The van der Waals surface area contributed by atoms with Crippen molar-refractivity contribution in [2.24, 2.45) is 0 Å². The van der Waals surface area contributed by atoms with Gasteiger partial charge >= 0.3 is 0 Å². The molecule has 0 aliphatic rings. The van der Waals surface area contributed by atoms with E-state index in [4.69, 9.17) is 17.3 Å². The van der Waals surface area contributed by atoms with Crippen LogP contribution in [0.25, 0.3) is 0 Å². The molecular formula is C13H22ClN3O3S. The number of benzene rings is 1. The molecule has 1 unspecified atom stereocenters. The molecule has 0 radical (unpaired) electrons. The molecule has 0 saturated heterocycles. The molecule has 1 rings (SSSR count). The summed E-state index contributed by atoms with van der Waals surface area (Å²) in [5.41, 5.74) is 5.30. The zero-order valence-corrected chi connectivity index (χ0v) is 14.2. The maximum Gasteiger partial charge on any atom is 0.240 e. The van der Waals surface area contributed by atoms with Crippen molar-refractivity contribution in [1.82, 2.24) is 9.62 Å². The first-order valence-electron chi connectivity index (χ1n) is 6.37. The van der Waals surface area contributed by atoms with Gasteiger partial charge in [0.25, 0.3) is 0 Å². The summed E-state index contributed by atoms with van der Waals surface area (Å²) >= 11 is 5.92. The minimum Gasteiger partial charge on any atom is -0.397 e. The smallest absolute Gasteiger partial charge is 0.240 e. The zero-order valence-electron chi connectivity index (χ0n) is 12.6. The lowest BCUT2D eigenvalue weighted by atomic mass is 10.1. The van der Waals surface area contributed by atoms with Gasteiger partial charge in [-0.15, -0.1) is 0 Å². The summed E-state index contributed by atoms with van der Waals surface area (Å²) in [5.74, 6) is 0.